The Balaban J connectivity index is 1.99. The molecule has 0 spiro atoms. The van der Waals surface area contributed by atoms with Crippen LogP contribution in [-0.4, -0.2) is 38.7 Å². The van der Waals surface area contributed by atoms with E-state index in [-0.39, 0.29) is 5.41 Å². The second-order valence-corrected chi connectivity index (χ2v) is 7.00. The highest BCUT2D eigenvalue weighted by Crippen LogP contribution is 2.52. The first-order valence-electron chi connectivity index (χ1n) is 7.59. The maximum absolute atomic E-state index is 5.35. The smallest absolute Gasteiger partial charge is 0.120 e. The Labute approximate surface area is 122 Å². The molecule has 2 aliphatic rings. The summed E-state index contributed by atoms with van der Waals surface area (Å²) in [6.07, 6.45) is 2.61. The van der Waals surface area contributed by atoms with Crippen LogP contribution in [0.25, 0.3) is 0 Å². The minimum Gasteiger partial charge on any atom is -0.497 e. The summed E-state index contributed by atoms with van der Waals surface area (Å²) >= 11 is 0. The van der Waals surface area contributed by atoms with Crippen LogP contribution in [0.4, 0.5) is 5.69 Å². The predicted octanol–water partition coefficient (Wildman–Crippen LogP) is 3.11. The zero-order chi connectivity index (χ0) is 14.4. The number of piperidine rings is 1. The van der Waals surface area contributed by atoms with Gasteiger partial charge in [-0.25, -0.2) is 0 Å². The fourth-order valence-electron chi connectivity index (χ4n) is 4.13. The standard InChI is InChI=1S/C17H26N2O/c1-16(8-5-9-19(3)12-16)17(2)11-18-15-10-13(20-4)6-7-14(15)17/h6-7,10,18H,5,8-9,11-12H2,1-4H3. The first kappa shape index (κ1) is 13.7. The van der Waals surface area contributed by atoms with Crippen LogP contribution in [0.2, 0.25) is 0 Å². The summed E-state index contributed by atoms with van der Waals surface area (Å²) in [5, 5.41) is 3.60. The number of anilines is 1. The van der Waals surface area contributed by atoms with E-state index in [9.17, 15) is 0 Å². The molecule has 1 aromatic carbocycles. The molecule has 1 saturated heterocycles. The van der Waals surface area contributed by atoms with Crippen molar-refractivity contribution in [3.8, 4) is 5.75 Å². The van der Waals surface area contributed by atoms with Gasteiger partial charge in [-0.3, -0.25) is 0 Å². The molecule has 2 heterocycles. The molecule has 3 rings (SSSR count). The van der Waals surface area contributed by atoms with Crippen molar-refractivity contribution in [1.82, 2.24) is 4.90 Å². The number of hydrogen-bond donors (Lipinski definition) is 1. The number of nitrogens with zero attached hydrogens (tertiary/aromatic N) is 1. The van der Waals surface area contributed by atoms with Crippen molar-refractivity contribution in [3.63, 3.8) is 0 Å². The van der Waals surface area contributed by atoms with Gasteiger partial charge in [0.2, 0.25) is 0 Å². The lowest BCUT2D eigenvalue weighted by molar-refractivity contribution is 0.0571. The van der Waals surface area contributed by atoms with E-state index in [1.54, 1.807) is 7.11 Å². The van der Waals surface area contributed by atoms with E-state index < -0.39 is 0 Å². The Morgan fingerprint density at radius 3 is 2.80 bits per heavy atom. The molecule has 2 unspecified atom stereocenters. The highest BCUT2D eigenvalue weighted by atomic mass is 16.5. The van der Waals surface area contributed by atoms with E-state index in [4.69, 9.17) is 4.74 Å². The van der Waals surface area contributed by atoms with E-state index in [1.165, 1.54) is 37.2 Å². The monoisotopic (exact) mass is 274 g/mol. The molecule has 0 aliphatic carbocycles. The number of methoxy groups -OCH3 is 1. The predicted molar refractivity (Wildman–Crippen MR) is 83.7 cm³/mol. The third-order valence-corrected chi connectivity index (χ3v) is 5.67. The van der Waals surface area contributed by atoms with Crippen LogP contribution in [0.1, 0.15) is 32.3 Å². The van der Waals surface area contributed by atoms with E-state index in [0.717, 1.165) is 12.3 Å². The Bertz CT molecular complexity index is 516. The van der Waals surface area contributed by atoms with Gasteiger partial charge >= 0.3 is 0 Å². The summed E-state index contributed by atoms with van der Waals surface area (Å²) in [6, 6.07) is 6.49. The number of hydrogen-bond acceptors (Lipinski definition) is 3. The molecular weight excluding hydrogens is 248 g/mol. The fourth-order valence-corrected chi connectivity index (χ4v) is 4.13. The van der Waals surface area contributed by atoms with E-state index >= 15 is 0 Å². The van der Waals surface area contributed by atoms with Crippen molar-refractivity contribution in [2.24, 2.45) is 5.41 Å². The summed E-state index contributed by atoms with van der Waals surface area (Å²) in [6.45, 7) is 8.33. The van der Waals surface area contributed by atoms with Gasteiger partial charge in [0.25, 0.3) is 0 Å². The van der Waals surface area contributed by atoms with Gasteiger partial charge in [0.05, 0.1) is 7.11 Å². The van der Waals surface area contributed by atoms with Crippen LogP contribution in [0.5, 0.6) is 5.75 Å². The van der Waals surface area contributed by atoms with Gasteiger partial charge in [0.15, 0.2) is 0 Å². The molecule has 0 aromatic heterocycles. The molecule has 2 atom stereocenters. The number of likely N-dealkylation sites (tertiary alicyclic amines) is 1. The molecule has 110 valence electrons. The number of benzene rings is 1. The van der Waals surface area contributed by atoms with Crippen LogP contribution < -0.4 is 10.1 Å². The summed E-state index contributed by atoms with van der Waals surface area (Å²) in [4.78, 5) is 2.48. The molecule has 3 heteroatoms. The Kier molecular flexibility index (Phi) is 3.20. The average molecular weight is 274 g/mol. The van der Waals surface area contributed by atoms with Crippen LogP contribution in [0, 0.1) is 5.41 Å². The lowest BCUT2D eigenvalue weighted by Crippen LogP contribution is -2.52. The molecule has 0 radical (unpaired) electrons. The maximum atomic E-state index is 5.35. The topological polar surface area (TPSA) is 24.5 Å². The summed E-state index contributed by atoms with van der Waals surface area (Å²) < 4.78 is 5.35. The van der Waals surface area contributed by atoms with E-state index in [2.05, 4.69) is 49.3 Å². The van der Waals surface area contributed by atoms with E-state index in [0.29, 0.717) is 5.41 Å². The van der Waals surface area contributed by atoms with Crippen molar-refractivity contribution in [2.45, 2.75) is 32.1 Å². The Hall–Kier alpha value is -1.22. The second-order valence-electron chi connectivity index (χ2n) is 7.00. The molecule has 3 nitrogen and oxygen atoms in total. The molecule has 0 saturated carbocycles. The third kappa shape index (κ3) is 1.91. The van der Waals surface area contributed by atoms with Gasteiger partial charge in [0, 0.05) is 30.3 Å². The van der Waals surface area contributed by atoms with Crippen molar-refractivity contribution < 1.29 is 4.74 Å². The number of ether oxygens (including phenoxy) is 1. The first-order valence-corrected chi connectivity index (χ1v) is 7.59. The molecular formula is C17H26N2O. The van der Waals surface area contributed by atoms with Gasteiger partial charge in [-0.2, -0.15) is 0 Å². The number of nitrogens with one attached hydrogen (secondary N) is 1. The lowest BCUT2D eigenvalue weighted by Gasteiger charge is -2.49. The van der Waals surface area contributed by atoms with Crippen molar-refractivity contribution in [3.05, 3.63) is 23.8 Å². The Morgan fingerprint density at radius 1 is 1.30 bits per heavy atom. The zero-order valence-electron chi connectivity index (χ0n) is 13.1. The molecule has 2 aliphatic heterocycles. The molecule has 1 N–H and O–H groups in total. The minimum absolute atomic E-state index is 0.198. The highest BCUT2D eigenvalue weighted by molar-refractivity contribution is 5.63. The summed E-state index contributed by atoms with van der Waals surface area (Å²) in [5.74, 6) is 0.936. The average Bonchev–Trinajstić information content (AvgIpc) is 2.77. The van der Waals surface area contributed by atoms with Gasteiger partial charge < -0.3 is 15.0 Å². The van der Waals surface area contributed by atoms with Crippen molar-refractivity contribution in [2.75, 3.05) is 39.1 Å². The lowest BCUT2D eigenvalue weighted by atomic mass is 9.59. The molecule has 1 fully saturated rings. The van der Waals surface area contributed by atoms with Gasteiger partial charge in [-0.1, -0.05) is 19.9 Å². The molecule has 0 bridgehead atoms. The third-order valence-electron chi connectivity index (χ3n) is 5.67. The fraction of sp³-hybridized carbons (Fsp3) is 0.647. The number of rotatable bonds is 2. The maximum Gasteiger partial charge on any atom is 0.120 e. The van der Waals surface area contributed by atoms with Gasteiger partial charge in [-0.15, -0.1) is 0 Å². The molecule has 20 heavy (non-hydrogen) atoms. The van der Waals surface area contributed by atoms with Crippen LogP contribution >= 0.6 is 0 Å². The van der Waals surface area contributed by atoms with E-state index in [1.807, 2.05) is 0 Å². The molecule has 0 amide bonds. The van der Waals surface area contributed by atoms with Crippen LogP contribution in [0.15, 0.2) is 18.2 Å². The second kappa shape index (κ2) is 4.66. The van der Waals surface area contributed by atoms with Gasteiger partial charge in [0.1, 0.15) is 5.75 Å². The quantitative estimate of drug-likeness (QED) is 0.897. The Morgan fingerprint density at radius 2 is 2.10 bits per heavy atom. The highest BCUT2D eigenvalue weighted by Gasteiger charge is 2.50. The minimum atomic E-state index is 0.198. The normalized spacial score (nSPS) is 33.6. The van der Waals surface area contributed by atoms with Crippen molar-refractivity contribution in [1.29, 1.82) is 0 Å². The molecule has 1 aromatic rings. The summed E-state index contributed by atoms with van der Waals surface area (Å²) in [7, 11) is 3.98. The zero-order valence-corrected chi connectivity index (χ0v) is 13.1. The number of fused-ring (bicyclic) bond motifs is 1. The van der Waals surface area contributed by atoms with Gasteiger partial charge in [-0.05, 0) is 43.5 Å². The summed E-state index contributed by atoms with van der Waals surface area (Å²) in [5.41, 5.74) is 3.23. The van der Waals surface area contributed by atoms with Crippen LogP contribution in [0.3, 0.4) is 0 Å². The van der Waals surface area contributed by atoms with Crippen LogP contribution in [-0.2, 0) is 5.41 Å². The SMILES string of the molecule is COc1ccc2c(c1)NCC2(C)C1(C)CCCN(C)C1. The first-order chi connectivity index (χ1) is 9.48. The van der Waals surface area contributed by atoms with Crippen molar-refractivity contribution >= 4 is 5.69 Å². The largest absolute Gasteiger partial charge is 0.497 e.